The van der Waals surface area contributed by atoms with Gasteiger partial charge in [-0.15, -0.1) is 0 Å². The molecule has 0 aromatic heterocycles. The fraction of sp³-hybridized carbons (Fsp3) is 0.278. The Morgan fingerprint density at radius 3 is 2.68 bits per heavy atom. The van der Waals surface area contributed by atoms with Gasteiger partial charge in [-0.05, 0) is 48.6 Å². The van der Waals surface area contributed by atoms with Gasteiger partial charge in [0, 0.05) is 11.8 Å². The molecule has 0 heterocycles. The zero-order valence-corrected chi connectivity index (χ0v) is 14.4. The molecule has 0 saturated carbocycles. The van der Waals surface area contributed by atoms with Crippen LogP contribution in [0.15, 0.2) is 36.4 Å². The van der Waals surface area contributed by atoms with Crippen molar-refractivity contribution in [2.75, 3.05) is 11.1 Å². The number of sulfone groups is 1. The number of hydrogen-bond donors (Lipinski definition) is 1. The van der Waals surface area contributed by atoms with Crippen molar-refractivity contribution in [2.45, 2.75) is 25.0 Å². The van der Waals surface area contributed by atoms with Gasteiger partial charge < -0.3 is 5.32 Å². The first-order valence-electron chi connectivity index (χ1n) is 7.83. The Morgan fingerprint density at radius 2 is 1.96 bits per heavy atom. The minimum atomic E-state index is -3.88. The van der Waals surface area contributed by atoms with E-state index in [1.807, 2.05) is 0 Å². The molecule has 7 heteroatoms. The van der Waals surface area contributed by atoms with Crippen LogP contribution in [0.1, 0.15) is 28.4 Å². The van der Waals surface area contributed by atoms with Gasteiger partial charge in [0.25, 0.3) is 0 Å². The summed E-state index contributed by atoms with van der Waals surface area (Å²) in [5.74, 6) is -2.96. The Labute approximate surface area is 144 Å². The molecule has 0 aliphatic heterocycles. The van der Waals surface area contributed by atoms with Crippen molar-refractivity contribution in [1.82, 2.24) is 0 Å². The van der Waals surface area contributed by atoms with Crippen LogP contribution in [0.25, 0.3) is 0 Å². The zero-order valence-electron chi connectivity index (χ0n) is 13.6. The first-order valence-corrected chi connectivity index (χ1v) is 9.54. The molecule has 0 bridgehead atoms. The zero-order chi connectivity index (χ0) is 18.2. The second-order valence-electron chi connectivity index (χ2n) is 6.15. The maximum absolute atomic E-state index is 13.8. The summed E-state index contributed by atoms with van der Waals surface area (Å²) in [6.07, 6.45) is 0.362. The monoisotopic (exact) mass is 365 g/mol. The topological polar surface area (TPSA) is 63.2 Å². The quantitative estimate of drug-likeness (QED) is 0.904. The number of carbonyl (C=O) groups excluding carboxylic acids is 1. The number of para-hydroxylation sites is 1. The number of fused-ring (bicyclic) bond motifs is 1. The number of rotatable bonds is 4. The number of anilines is 1. The van der Waals surface area contributed by atoms with Gasteiger partial charge in [-0.1, -0.05) is 18.2 Å². The molecule has 2 aromatic carbocycles. The van der Waals surface area contributed by atoms with Crippen LogP contribution in [-0.4, -0.2) is 20.1 Å². The van der Waals surface area contributed by atoms with Crippen LogP contribution in [0.2, 0.25) is 0 Å². The van der Waals surface area contributed by atoms with Crippen LogP contribution >= 0.6 is 0 Å². The van der Waals surface area contributed by atoms with Gasteiger partial charge in [-0.2, -0.15) is 0 Å². The Balaban J connectivity index is 1.80. The SMILES string of the molecule is Cc1ccccc1NC(=O)CS(=O)(=O)C1CCc2c(F)cc(F)cc21. The number of nitrogens with one attached hydrogen (secondary N) is 1. The molecule has 0 spiro atoms. The van der Waals surface area contributed by atoms with Crippen LogP contribution in [0.5, 0.6) is 0 Å². The van der Waals surface area contributed by atoms with E-state index in [1.54, 1.807) is 31.2 Å². The van der Waals surface area contributed by atoms with E-state index >= 15 is 0 Å². The number of hydrogen-bond acceptors (Lipinski definition) is 3. The summed E-state index contributed by atoms with van der Waals surface area (Å²) in [6.45, 7) is 1.79. The molecule has 1 unspecified atom stereocenters. The molecular weight excluding hydrogens is 348 g/mol. The highest BCUT2D eigenvalue weighted by Crippen LogP contribution is 2.39. The second kappa shape index (κ2) is 6.55. The largest absolute Gasteiger partial charge is 0.325 e. The van der Waals surface area contributed by atoms with Gasteiger partial charge >= 0.3 is 0 Å². The van der Waals surface area contributed by atoms with Gasteiger partial charge in [0.15, 0.2) is 9.84 Å². The Kier molecular flexibility index (Phi) is 4.60. The highest BCUT2D eigenvalue weighted by Gasteiger charge is 2.36. The molecule has 1 amide bonds. The summed E-state index contributed by atoms with van der Waals surface area (Å²) in [5, 5.41) is 1.51. The summed E-state index contributed by atoms with van der Waals surface area (Å²) < 4.78 is 52.5. The lowest BCUT2D eigenvalue weighted by Gasteiger charge is -2.14. The molecule has 3 rings (SSSR count). The van der Waals surface area contributed by atoms with Gasteiger partial charge in [-0.25, -0.2) is 17.2 Å². The molecule has 0 saturated heterocycles. The van der Waals surface area contributed by atoms with Crippen LogP contribution in [0.4, 0.5) is 14.5 Å². The van der Waals surface area contributed by atoms with Crippen molar-refractivity contribution in [2.24, 2.45) is 0 Å². The highest BCUT2D eigenvalue weighted by molar-refractivity contribution is 7.92. The van der Waals surface area contributed by atoms with Gasteiger partial charge in [0.2, 0.25) is 5.91 Å². The normalized spacial score (nSPS) is 16.5. The molecule has 1 N–H and O–H groups in total. The summed E-state index contributed by atoms with van der Waals surface area (Å²) >= 11 is 0. The lowest BCUT2D eigenvalue weighted by molar-refractivity contribution is -0.113. The van der Waals surface area contributed by atoms with E-state index in [-0.39, 0.29) is 24.0 Å². The minimum Gasteiger partial charge on any atom is -0.325 e. The third-order valence-electron chi connectivity index (χ3n) is 4.38. The van der Waals surface area contributed by atoms with Crippen LogP contribution in [-0.2, 0) is 21.1 Å². The van der Waals surface area contributed by atoms with Crippen molar-refractivity contribution in [3.8, 4) is 0 Å². The summed E-state index contributed by atoms with van der Waals surface area (Å²) in [6, 6.07) is 8.81. The van der Waals surface area contributed by atoms with E-state index in [1.165, 1.54) is 0 Å². The van der Waals surface area contributed by atoms with E-state index in [4.69, 9.17) is 0 Å². The molecule has 1 aliphatic carbocycles. The average molecular weight is 365 g/mol. The number of carbonyl (C=O) groups is 1. The van der Waals surface area contributed by atoms with Gasteiger partial charge in [0.1, 0.15) is 17.4 Å². The standard InChI is InChI=1S/C18H17F2NO3S/c1-11-4-2-3-5-16(11)21-18(22)10-25(23,24)17-7-6-13-14(17)8-12(19)9-15(13)20/h2-5,8-9,17H,6-7,10H2,1H3,(H,21,22). The first kappa shape index (κ1) is 17.5. The van der Waals surface area contributed by atoms with E-state index in [0.29, 0.717) is 5.69 Å². The van der Waals surface area contributed by atoms with Gasteiger partial charge in [-0.3, -0.25) is 4.79 Å². The minimum absolute atomic E-state index is 0.126. The van der Waals surface area contributed by atoms with E-state index in [2.05, 4.69) is 5.32 Å². The number of halogens is 2. The van der Waals surface area contributed by atoms with E-state index in [9.17, 15) is 22.0 Å². The van der Waals surface area contributed by atoms with Crippen molar-refractivity contribution in [1.29, 1.82) is 0 Å². The highest BCUT2D eigenvalue weighted by atomic mass is 32.2. The average Bonchev–Trinajstić information content (AvgIpc) is 2.94. The maximum Gasteiger partial charge on any atom is 0.239 e. The fourth-order valence-corrected chi connectivity index (χ4v) is 4.87. The molecule has 4 nitrogen and oxygen atoms in total. The van der Waals surface area contributed by atoms with Gasteiger partial charge in [0.05, 0.1) is 5.25 Å². The third-order valence-corrected chi connectivity index (χ3v) is 6.40. The molecule has 25 heavy (non-hydrogen) atoms. The first-order chi connectivity index (χ1) is 11.8. The molecule has 132 valence electrons. The summed E-state index contributed by atoms with van der Waals surface area (Å²) in [4.78, 5) is 12.1. The molecule has 0 radical (unpaired) electrons. The van der Waals surface area contributed by atoms with Crippen molar-refractivity contribution in [3.63, 3.8) is 0 Å². The van der Waals surface area contributed by atoms with E-state index < -0.39 is 38.4 Å². The Hall–Kier alpha value is -2.28. The summed E-state index contributed by atoms with van der Waals surface area (Å²) in [5.41, 5.74) is 1.69. The number of aryl methyl sites for hydroxylation is 1. The lowest BCUT2D eigenvalue weighted by Crippen LogP contribution is -2.26. The van der Waals surface area contributed by atoms with Crippen molar-refractivity contribution in [3.05, 3.63) is 64.7 Å². The fourth-order valence-electron chi connectivity index (χ4n) is 3.16. The molecule has 1 atom stereocenters. The molecular formula is C18H17F2NO3S. The number of benzene rings is 2. The summed E-state index contributed by atoms with van der Waals surface area (Å²) in [7, 11) is -3.88. The number of amides is 1. The van der Waals surface area contributed by atoms with E-state index in [0.717, 1.165) is 17.7 Å². The van der Waals surface area contributed by atoms with Crippen LogP contribution in [0.3, 0.4) is 0 Å². The predicted octanol–water partition coefficient (Wildman–Crippen LogP) is 3.31. The van der Waals surface area contributed by atoms with Crippen LogP contribution < -0.4 is 5.32 Å². The molecule has 0 fully saturated rings. The van der Waals surface area contributed by atoms with Crippen molar-refractivity contribution < 1.29 is 22.0 Å². The Bertz CT molecular complexity index is 941. The smallest absolute Gasteiger partial charge is 0.239 e. The van der Waals surface area contributed by atoms with Crippen molar-refractivity contribution >= 4 is 21.4 Å². The Morgan fingerprint density at radius 1 is 1.24 bits per heavy atom. The second-order valence-corrected chi connectivity index (χ2v) is 8.34. The third kappa shape index (κ3) is 3.56. The maximum atomic E-state index is 13.8. The molecule has 2 aromatic rings. The van der Waals surface area contributed by atoms with Crippen LogP contribution in [0, 0.1) is 18.6 Å². The predicted molar refractivity (Wildman–Crippen MR) is 91.0 cm³/mol. The molecule has 1 aliphatic rings. The lowest BCUT2D eigenvalue weighted by atomic mass is 10.1.